The summed E-state index contributed by atoms with van der Waals surface area (Å²) in [6.07, 6.45) is 5.15. The highest BCUT2D eigenvalue weighted by atomic mass is 35.5. The van der Waals surface area contributed by atoms with Crippen LogP contribution in [-0.2, 0) is 6.42 Å². The van der Waals surface area contributed by atoms with Gasteiger partial charge in [-0.3, -0.25) is 0 Å². The van der Waals surface area contributed by atoms with Crippen LogP contribution < -0.4 is 5.73 Å². The summed E-state index contributed by atoms with van der Waals surface area (Å²) < 4.78 is 0. The van der Waals surface area contributed by atoms with Crippen molar-refractivity contribution in [1.29, 1.82) is 0 Å². The van der Waals surface area contributed by atoms with Gasteiger partial charge in [-0.05, 0) is 53.5 Å². The zero-order valence-corrected chi connectivity index (χ0v) is 13.8. The van der Waals surface area contributed by atoms with Crippen molar-refractivity contribution < 1.29 is 0 Å². The van der Waals surface area contributed by atoms with Gasteiger partial charge in [-0.15, -0.1) is 0 Å². The average Bonchev–Trinajstić information content (AvgIpc) is 2.53. The molecule has 0 unspecified atom stereocenters. The summed E-state index contributed by atoms with van der Waals surface area (Å²) in [5.74, 6) is 0. The molecule has 3 heteroatoms. The summed E-state index contributed by atoms with van der Waals surface area (Å²) in [4.78, 5) is 2.06. The molecule has 1 aliphatic rings. The van der Waals surface area contributed by atoms with Crippen LogP contribution in [0.25, 0.3) is 5.57 Å². The summed E-state index contributed by atoms with van der Waals surface area (Å²) in [6.45, 7) is 4.19. The van der Waals surface area contributed by atoms with Gasteiger partial charge >= 0.3 is 0 Å². The summed E-state index contributed by atoms with van der Waals surface area (Å²) in [7, 11) is 2.02. The minimum Gasteiger partial charge on any atom is -0.399 e. The van der Waals surface area contributed by atoms with Crippen molar-refractivity contribution in [3.05, 3.63) is 94.8 Å². The van der Waals surface area contributed by atoms with Crippen LogP contribution in [-0.4, -0.2) is 11.9 Å². The number of rotatable bonds is 3. The smallest absolute Gasteiger partial charge is 0.0412 e. The first-order chi connectivity index (χ1) is 11.0. The largest absolute Gasteiger partial charge is 0.399 e. The van der Waals surface area contributed by atoms with Gasteiger partial charge in [0, 0.05) is 35.2 Å². The van der Waals surface area contributed by atoms with Crippen LogP contribution in [0, 0.1) is 0 Å². The van der Waals surface area contributed by atoms with Crippen LogP contribution in [0.2, 0.25) is 5.02 Å². The zero-order valence-electron chi connectivity index (χ0n) is 13.1. The maximum absolute atomic E-state index is 6.13. The molecule has 3 rings (SSSR count). The van der Waals surface area contributed by atoms with Gasteiger partial charge in [0.15, 0.2) is 0 Å². The normalized spacial score (nSPS) is 14.5. The second-order valence-corrected chi connectivity index (χ2v) is 6.18. The molecule has 2 nitrogen and oxygen atoms in total. The quantitative estimate of drug-likeness (QED) is 0.815. The van der Waals surface area contributed by atoms with E-state index in [1.807, 2.05) is 37.4 Å². The number of anilines is 1. The number of hydrogen-bond donors (Lipinski definition) is 1. The van der Waals surface area contributed by atoms with E-state index in [1.165, 1.54) is 11.1 Å². The number of likely N-dealkylation sites (N-methyl/N-ethyl adjacent to an activating group) is 1. The Bertz CT molecular complexity index is 801. The number of hydrogen-bond acceptors (Lipinski definition) is 2. The number of allylic oxidation sites excluding steroid dienone is 3. The maximum atomic E-state index is 6.13. The van der Waals surface area contributed by atoms with Crippen molar-refractivity contribution >= 4 is 22.9 Å². The molecule has 0 radical (unpaired) electrons. The summed E-state index contributed by atoms with van der Waals surface area (Å²) in [5, 5.41) is 0.730. The van der Waals surface area contributed by atoms with Crippen molar-refractivity contribution in [2.24, 2.45) is 0 Å². The fourth-order valence-corrected chi connectivity index (χ4v) is 2.89. The van der Waals surface area contributed by atoms with E-state index in [2.05, 4.69) is 42.0 Å². The molecule has 0 bridgehead atoms. The van der Waals surface area contributed by atoms with Crippen LogP contribution >= 0.6 is 11.6 Å². The number of nitrogen functional groups attached to an aromatic ring is 1. The van der Waals surface area contributed by atoms with Crippen molar-refractivity contribution in [3.63, 3.8) is 0 Å². The Balaban J connectivity index is 1.93. The van der Waals surface area contributed by atoms with Gasteiger partial charge in [0.05, 0.1) is 0 Å². The Labute approximate surface area is 142 Å². The Morgan fingerprint density at radius 3 is 2.57 bits per heavy atom. The molecule has 0 amide bonds. The van der Waals surface area contributed by atoms with Crippen molar-refractivity contribution in [3.8, 4) is 0 Å². The Kier molecular flexibility index (Phi) is 4.26. The molecule has 0 saturated carbocycles. The van der Waals surface area contributed by atoms with Crippen LogP contribution in [0.3, 0.4) is 0 Å². The SMILES string of the molecule is C=C1C(c2cccc(Cl)c2)=CC(Cc2ccc(N)cc2)=CN1C. The molecular formula is C20H19ClN2. The molecule has 23 heavy (non-hydrogen) atoms. The molecule has 0 atom stereocenters. The fourth-order valence-electron chi connectivity index (χ4n) is 2.70. The van der Waals surface area contributed by atoms with Gasteiger partial charge in [0.25, 0.3) is 0 Å². The Morgan fingerprint density at radius 1 is 1.13 bits per heavy atom. The molecule has 0 saturated heterocycles. The van der Waals surface area contributed by atoms with E-state index in [0.29, 0.717) is 0 Å². The first-order valence-electron chi connectivity index (χ1n) is 7.48. The molecule has 116 valence electrons. The van der Waals surface area contributed by atoms with E-state index >= 15 is 0 Å². The van der Waals surface area contributed by atoms with E-state index in [9.17, 15) is 0 Å². The van der Waals surface area contributed by atoms with Gasteiger partial charge in [-0.1, -0.05) is 42.4 Å². The van der Waals surface area contributed by atoms with E-state index in [0.717, 1.165) is 34.0 Å². The molecule has 0 fully saturated rings. The Hall–Kier alpha value is -2.45. The second-order valence-electron chi connectivity index (χ2n) is 5.75. The van der Waals surface area contributed by atoms with E-state index < -0.39 is 0 Å². The van der Waals surface area contributed by atoms with Gasteiger partial charge in [0.2, 0.25) is 0 Å². The lowest BCUT2D eigenvalue weighted by Gasteiger charge is -2.26. The maximum Gasteiger partial charge on any atom is 0.0412 e. The lowest BCUT2D eigenvalue weighted by atomic mass is 9.94. The van der Waals surface area contributed by atoms with Crippen LogP contribution in [0.4, 0.5) is 5.69 Å². The van der Waals surface area contributed by atoms with Crippen molar-refractivity contribution in [2.45, 2.75) is 6.42 Å². The van der Waals surface area contributed by atoms with Gasteiger partial charge < -0.3 is 10.6 Å². The highest BCUT2D eigenvalue weighted by Crippen LogP contribution is 2.32. The third kappa shape index (κ3) is 3.49. The highest BCUT2D eigenvalue weighted by molar-refractivity contribution is 6.30. The van der Waals surface area contributed by atoms with Crippen LogP contribution in [0.15, 0.2) is 78.7 Å². The Morgan fingerprint density at radius 2 is 1.87 bits per heavy atom. The van der Waals surface area contributed by atoms with E-state index in [4.69, 9.17) is 17.3 Å². The number of nitrogens with zero attached hydrogens (tertiary/aromatic N) is 1. The lowest BCUT2D eigenvalue weighted by molar-refractivity contribution is 0.584. The molecule has 2 aromatic carbocycles. The first-order valence-corrected chi connectivity index (χ1v) is 7.85. The summed E-state index contributed by atoms with van der Waals surface area (Å²) >= 11 is 6.13. The van der Waals surface area contributed by atoms with Gasteiger partial charge in [0.1, 0.15) is 0 Å². The average molecular weight is 323 g/mol. The molecule has 0 aromatic heterocycles. The topological polar surface area (TPSA) is 29.3 Å². The minimum atomic E-state index is 0.730. The van der Waals surface area contributed by atoms with E-state index in [-0.39, 0.29) is 0 Å². The fraction of sp³-hybridized carbons (Fsp3) is 0.100. The van der Waals surface area contributed by atoms with E-state index in [1.54, 1.807) is 0 Å². The summed E-state index contributed by atoms with van der Waals surface area (Å²) in [5.41, 5.74) is 12.1. The predicted octanol–water partition coefficient (Wildman–Crippen LogP) is 4.89. The minimum absolute atomic E-state index is 0.730. The molecular weight excluding hydrogens is 304 g/mol. The third-order valence-corrected chi connectivity index (χ3v) is 4.18. The molecule has 2 aromatic rings. The molecule has 2 N–H and O–H groups in total. The lowest BCUT2D eigenvalue weighted by Crippen LogP contribution is -2.16. The molecule has 0 spiro atoms. The molecule has 1 aliphatic heterocycles. The standard InChI is InChI=1S/C20H19ClN2/c1-14-20(17-4-3-5-18(21)12-17)11-16(13-23(14)2)10-15-6-8-19(22)9-7-15/h3-9,11-13H,1,10,22H2,2H3. The number of nitrogens with two attached hydrogens (primary N) is 1. The van der Waals surface area contributed by atoms with Crippen molar-refractivity contribution in [1.82, 2.24) is 4.90 Å². The predicted molar refractivity (Wildman–Crippen MR) is 99.0 cm³/mol. The van der Waals surface area contributed by atoms with Gasteiger partial charge in [-0.25, -0.2) is 0 Å². The first kappa shape index (κ1) is 15.4. The third-order valence-electron chi connectivity index (χ3n) is 3.95. The molecule has 1 heterocycles. The second kappa shape index (κ2) is 6.35. The highest BCUT2D eigenvalue weighted by Gasteiger charge is 2.16. The molecule has 0 aliphatic carbocycles. The van der Waals surface area contributed by atoms with Crippen LogP contribution in [0.5, 0.6) is 0 Å². The number of halogens is 1. The monoisotopic (exact) mass is 322 g/mol. The zero-order chi connectivity index (χ0) is 16.4. The summed E-state index contributed by atoms with van der Waals surface area (Å²) in [6, 6.07) is 15.9. The van der Waals surface area contributed by atoms with Crippen molar-refractivity contribution in [2.75, 3.05) is 12.8 Å². The van der Waals surface area contributed by atoms with Crippen LogP contribution in [0.1, 0.15) is 11.1 Å². The van der Waals surface area contributed by atoms with Gasteiger partial charge in [-0.2, -0.15) is 0 Å². The number of benzene rings is 2.